The number of aliphatic hydroxyl groups is 9. The zero-order valence-electron chi connectivity index (χ0n) is 24.7. The summed E-state index contributed by atoms with van der Waals surface area (Å²) in [4.78, 5) is 12.0. The molecule has 0 aromatic carbocycles. The molecule has 16 nitrogen and oxygen atoms in total. The van der Waals surface area contributed by atoms with Gasteiger partial charge in [0.05, 0.1) is 36.7 Å². The molecule has 6 unspecified atom stereocenters. The van der Waals surface area contributed by atoms with Crippen LogP contribution in [0.4, 0.5) is 0 Å². The zero-order chi connectivity index (χ0) is 32.5. The Morgan fingerprint density at radius 3 is 2.30 bits per heavy atom. The van der Waals surface area contributed by atoms with E-state index in [1.165, 1.54) is 27.0 Å². The largest absolute Gasteiger partial charge is 0.513 e. The Labute approximate surface area is 249 Å². The molecule has 16 heteroatoms. The van der Waals surface area contributed by atoms with Crippen LogP contribution in [0.3, 0.4) is 0 Å². The van der Waals surface area contributed by atoms with Crippen LogP contribution in [-0.4, -0.2) is 140 Å². The third kappa shape index (κ3) is 10.3. The summed E-state index contributed by atoms with van der Waals surface area (Å²) >= 11 is 0. The van der Waals surface area contributed by atoms with E-state index >= 15 is 0 Å². The fraction of sp³-hybridized carbons (Fsp3) is 0.815. The maximum atomic E-state index is 12.0. The van der Waals surface area contributed by atoms with Crippen molar-refractivity contribution in [2.75, 3.05) is 20.3 Å². The molecular formula is C27H47NO15. The average molecular weight is 626 g/mol. The first-order valence-corrected chi connectivity index (χ1v) is 14.1. The highest BCUT2D eigenvalue weighted by atomic mass is 16.8. The molecule has 0 aromatic heterocycles. The molecule has 0 aromatic rings. The smallest absolute Gasteiger partial charge is 0.228 e. The number of ether oxygens (including phenoxy) is 5. The molecule has 2 fully saturated rings. The van der Waals surface area contributed by atoms with Gasteiger partial charge in [-0.1, -0.05) is 6.92 Å². The van der Waals surface area contributed by atoms with E-state index < -0.39 is 98.1 Å². The monoisotopic (exact) mass is 625 g/mol. The number of hydrogen-bond acceptors (Lipinski definition) is 15. The quantitative estimate of drug-likeness (QED) is 0.0672. The fourth-order valence-corrected chi connectivity index (χ4v) is 4.88. The highest BCUT2D eigenvalue weighted by molar-refractivity contribution is 5.73. The Morgan fingerprint density at radius 2 is 1.74 bits per heavy atom. The van der Waals surface area contributed by atoms with E-state index in [-0.39, 0.29) is 25.0 Å². The van der Waals surface area contributed by atoms with E-state index in [0.29, 0.717) is 6.42 Å². The van der Waals surface area contributed by atoms with E-state index in [0.717, 1.165) is 6.08 Å². The van der Waals surface area contributed by atoms with Gasteiger partial charge in [-0.05, 0) is 31.4 Å². The zero-order valence-corrected chi connectivity index (χ0v) is 24.7. The Hall–Kier alpha value is -1.93. The minimum absolute atomic E-state index is 0.124. The van der Waals surface area contributed by atoms with Gasteiger partial charge < -0.3 is 75.0 Å². The number of amides is 1. The van der Waals surface area contributed by atoms with Crippen LogP contribution in [0.1, 0.15) is 46.5 Å². The molecule has 43 heavy (non-hydrogen) atoms. The topological polar surface area (TPSA) is 257 Å². The predicted molar refractivity (Wildman–Crippen MR) is 145 cm³/mol. The Morgan fingerprint density at radius 1 is 1.07 bits per heavy atom. The molecule has 0 radical (unpaired) electrons. The third-order valence-corrected chi connectivity index (χ3v) is 7.23. The molecule has 2 rings (SSSR count). The fourth-order valence-electron chi connectivity index (χ4n) is 4.88. The molecule has 2 heterocycles. The SMILES string of the molecule is CC[C@H](O)/C=C(\O)CC1CC(CO)(O[C@@H](O)/C(=C\[C@@H](O)CCO)O[C@H]2OC(C)[C@H](O)C(O)C2O)O[C@@H](OC)C1NC(C)=O. The Bertz CT molecular complexity index is 934. The van der Waals surface area contributed by atoms with Crippen LogP contribution in [-0.2, 0) is 28.5 Å². The number of nitrogens with one attached hydrogen (secondary N) is 1. The third-order valence-electron chi connectivity index (χ3n) is 7.23. The van der Waals surface area contributed by atoms with Gasteiger partial charge in [0.2, 0.25) is 18.5 Å². The minimum atomic E-state index is -2.13. The number of allylic oxidation sites excluding steroid dienone is 1. The van der Waals surface area contributed by atoms with Crippen molar-refractivity contribution in [1.29, 1.82) is 0 Å². The summed E-state index contributed by atoms with van der Waals surface area (Å²) in [5, 5.41) is 94.8. The molecule has 10 N–H and O–H groups in total. The Kier molecular flexibility index (Phi) is 14.7. The predicted octanol–water partition coefficient (Wildman–Crippen LogP) is -2.40. The van der Waals surface area contributed by atoms with Gasteiger partial charge in [0, 0.05) is 39.9 Å². The van der Waals surface area contributed by atoms with Crippen LogP contribution in [0.25, 0.3) is 0 Å². The maximum absolute atomic E-state index is 12.0. The minimum Gasteiger partial charge on any atom is -0.513 e. The summed E-state index contributed by atoms with van der Waals surface area (Å²) in [6.45, 7) is 3.05. The van der Waals surface area contributed by atoms with Crippen LogP contribution >= 0.6 is 0 Å². The van der Waals surface area contributed by atoms with E-state index in [2.05, 4.69) is 5.32 Å². The number of aliphatic hydroxyl groups excluding tert-OH is 9. The molecule has 250 valence electrons. The summed E-state index contributed by atoms with van der Waals surface area (Å²) in [7, 11) is 1.26. The highest BCUT2D eigenvalue weighted by Crippen LogP contribution is 2.39. The summed E-state index contributed by atoms with van der Waals surface area (Å²) < 4.78 is 28.0. The van der Waals surface area contributed by atoms with Crippen LogP contribution in [0.2, 0.25) is 0 Å². The lowest BCUT2D eigenvalue weighted by atomic mass is 9.84. The summed E-state index contributed by atoms with van der Waals surface area (Å²) in [5.74, 6) is -4.01. The number of hydrogen-bond donors (Lipinski definition) is 10. The number of carbonyl (C=O) groups is 1. The lowest BCUT2D eigenvalue weighted by Crippen LogP contribution is -2.61. The van der Waals surface area contributed by atoms with Gasteiger partial charge in [0.25, 0.3) is 0 Å². The molecule has 0 bridgehead atoms. The standard InChI is InChI=1S/C27H47NO15/c1-5-16(32)9-18(34)8-15-11-27(12-30,43-25(39-4)20(15)28-14(3)31)42-24(38)19(10-17(33)6-7-29)41-26-23(37)22(36)21(35)13(2)40-26/h9-10,13,15-17,20-26,29-30,32-38H,5-8,11-12H2,1-4H3,(H,28,31)/b18-9-,19-10+/t13?,15?,16-,17-,20?,21-,22?,23?,24+,25+,26+,27?/m0/s1. The first-order chi connectivity index (χ1) is 20.2. The van der Waals surface area contributed by atoms with Gasteiger partial charge >= 0.3 is 0 Å². The van der Waals surface area contributed by atoms with Crippen molar-refractivity contribution in [3.8, 4) is 0 Å². The lowest BCUT2D eigenvalue weighted by molar-refractivity contribution is -0.382. The molecule has 0 saturated carbocycles. The van der Waals surface area contributed by atoms with Crippen molar-refractivity contribution in [3.63, 3.8) is 0 Å². The van der Waals surface area contributed by atoms with Gasteiger partial charge in [-0.25, -0.2) is 0 Å². The van der Waals surface area contributed by atoms with Crippen molar-refractivity contribution >= 4 is 5.91 Å². The van der Waals surface area contributed by atoms with Crippen LogP contribution in [0.5, 0.6) is 0 Å². The first-order valence-electron chi connectivity index (χ1n) is 14.1. The van der Waals surface area contributed by atoms with E-state index in [1.54, 1.807) is 6.92 Å². The van der Waals surface area contributed by atoms with Crippen molar-refractivity contribution < 1.29 is 74.4 Å². The number of methoxy groups -OCH3 is 1. The summed E-state index contributed by atoms with van der Waals surface area (Å²) in [6.07, 6.45) is -11.3. The molecule has 2 aliphatic rings. The van der Waals surface area contributed by atoms with E-state index in [1.807, 2.05) is 0 Å². The van der Waals surface area contributed by atoms with Gasteiger partial charge in [0.1, 0.15) is 18.3 Å². The van der Waals surface area contributed by atoms with E-state index in [9.17, 15) is 50.8 Å². The number of carbonyl (C=O) groups excluding carboxylic acids is 1. The number of rotatable bonds is 15. The van der Waals surface area contributed by atoms with Crippen LogP contribution < -0.4 is 5.32 Å². The van der Waals surface area contributed by atoms with Gasteiger partial charge in [-0.15, -0.1) is 0 Å². The molecule has 0 aliphatic carbocycles. The van der Waals surface area contributed by atoms with E-state index in [4.69, 9.17) is 23.7 Å². The molecule has 1 amide bonds. The summed E-state index contributed by atoms with van der Waals surface area (Å²) in [6, 6.07) is -0.866. The van der Waals surface area contributed by atoms with Crippen molar-refractivity contribution in [2.45, 2.75) is 114 Å². The molecule has 2 aliphatic heterocycles. The second-order valence-corrected chi connectivity index (χ2v) is 10.7. The lowest BCUT2D eigenvalue weighted by Gasteiger charge is -2.47. The van der Waals surface area contributed by atoms with Crippen molar-refractivity contribution in [2.24, 2.45) is 5.92 Å². The van der Waals surface area contributed by atoms with Gasteiger partial charge in [0.15, 0.2) is 17.8 Å². The molecular weight excluding hydrogens is 578 g/mol. The van der Waals surface area contributed by atoms with Crippen LogP contribution in [0.15, 0.2) is 23.7 Å². The summed E-state index contributed by atoms with van der Waals surface area (Å²) in [5.41, 5.74) is 0. The molecule has 0 spiro atoms. The maximum Gasteiger partial charge on any atom is 0.228 e. The second kappa shape index (κ2) is 17.0. The Balaban J connectivity index is 2.41. The first kappa shape index (κ1) is 37.3. The van der Waals surface area contributed by atoms with Gasteiger partial charge in [-0.3, -0.25) is 4.79 Å². The highest BCUT2D eigenvalue weighted by Gasteiger charge is 2.51. The van der Waals surface area contributed by atoms with Crippen LogP contribution in [0, 0.1) is 5.92 Å². The van der Waals surface area contributed by atoms with Crippen molar-refractivity contribution in [3.05, 3.63) is 23.7 Å². The second-order valence-electron chi connectivity index (χ2n) is 10.7. The van der Waals surface area contributed by atoms with Crippen molar-refractivity contribution in [1.82, 2.24) is 5.32 Å². The normalized spacial score (nSPS) is 36.1. The molecule has 12 atom stereocenters. The molecule has 2 saturated heterocycles. The van der Waals surface area contributed by atoms with Gasteiger partial charge in [-0.2, -0.15) is 0 Å². The average Bonchev–Trinajstić information content (AvgIpc) is 2.95.